The molecule has 2 aromatic carbocycles. The van der Waals surface area contributed by atoms with Crippen molar-refractivity contribution in [2.45, 2.75) is 25.3 Å². The first kappa shape index (κ1) is 16.8. The minimum absolute atomic E-state index is 0.202. The van der Waals surface area contributed by atoms with Crippen molar-refractivity contribution < 1.29 is 13.9 Å². The molecular formula is C20H24FNO2. The smallest absolute Gasteiger partial charge is 0.123 e. The van der Waals surface area contributed by atoms with Crippen LogP contribution in [-0.4, -0.2) is 20.8 Å². The largest absolute Gasteiger partial charge is 0.496 e. The third kappa shape index (κ3) is 3.54. The first-order valence-corrected chi connectivity index (χ1v) is 8.33. The van der Waals surface area contributed by atoms with Gasteiger partial charge in [0.15, 0.2) is 0 Å². The van der Waals surface area contributed by atoms with Crippen LogP contribution in [0.1, 0.15) is 36.4 Å². The topological polar surface area (TPSA) is 30.5 Å². The van der Waals surface area contributed by atoms with Gasteiger partial charge in [0.1, 0.15) is 17.3 Å². The summed E-state index contributed by atoms with van der Waals surface area (Å²) in [7, 11) is 3.33. The van der Waals surface area contributed by atoms with E-state index in [0.717, 1.165) is 35.6 Å². The molecule has 3 atom stereocenters. The van der Waals surface area contributed by atoms with Crippen LogP contribution in [0.3, 0.4) is 0 Å². The summed E-state index contributed by atoms with van der Waals surface area (Å²) in [5.74, 6) is 2.36. The minimum atomic E-state index is -0.202. The molecular weight excluding hydrogens is 305 g/mol. The van der Waals surface area contributed by atoms with E-state index in [0.29, 0.717) is 11.8 Å². The number of hydrogen-bond acceptors (Lipinski definition) is 3. The second-order valence-corrected chi connectivity index (χ2v) is 6.36. The van der Waals surface area contributed by atoms with E-state index in [1.165, 1.54) is 6.07 Å². The molecule has 0 spiro atoms. The molecule has 0 saturated heterocycles. The zero-order valence-electron chi connectivity index (χ0n) is 14.4. The molecule has 2 aromatic rings. The molecule has 0 bridgehead atoms. The Bertz CT molecular complexity index is 704. The zero-order valence-corrected chi connectivity index (χ0v) is 14.4. The van der Waals surface area contributed by atoms with E-state index in [2.05, 4.69) is 18.3 Å². The highest BCUT2D eigenvalue weighted by Gasteiger charge is 2.40. The third-order valence-electron chi connectivity index (χ3n) is 4.81. The summed E-state index contributed by atoms with van der Waals surface area (Å²) < 4.78 is 24.3. The lowest BCUT2D eigenvalue weighted by atomic mass is 10.1. The summed E-state index contributed by atoms with van der Waals surface area (Å²) in [5, 5.41) is 3.57. The van der Waals surface area contributed by atoms with Crippen molar-refractivity contribution in [3.05, 3.63) is 59.4 Å². The molecule has 0 amide bonds. The summed E-state index contributed by atoms with van der Waals surface area (Å²) in [6.07, 6.45) is 1.06. The highest BCUT2D eigenvalue weighted by molar-refractivity contribution is 5.40. The van der Waals surface area contributed by atoms with Crippen molar-refractivity contribution >= 4 is 0 Å². The summed E-state index contributed by atoms with van der Waals surface area (Å²) >= 11 is 0. The molecule has 1 N–H and O–H groups in total. The van der Waals surface area contributed by atoms with E-state index in [4.69, 9.17) is 9.47 Å². The first-order chi connectivity index (χ1) is 11.6. The summed E-state index contributed by atoms with van der Waals surface area (Å²) in [4.78, 5) is 0. The van der Waals surface area contributed by atoms with Gasteiger partial charge in [-0.3, -0.25) is 0 Å². The normalized spacial score (nSPS) is 20.5. The number of para-hydroxylation sites is 1. The fraction of sp³-hybridized carbons (Fsp3) is 0.400. The van der Waals surface area contributed by atoms with Gasteiger partial charge in [0.05, 0.1) is 14.2 Å². The molecule has 128 valence electrons. The lowest BCUT2D eigenvalue weighted by molar-refractivity contribution is 0.400. The van der Waals surface area contributed by atoms with Crippen LogP contribution in [-0.2, 0) is 0 Å². The van der Waals surface area contributed by atoms with E-state index >= 15 is 0 Å². The summed E-state index contributed by atoms with van der Waals surface area (Å²) in [5.41, 5.74) is 2.13. The van der Waals surface area contributed by atoms with Gasteiger partial charge in [-0.2, -0.15) is 0 Å². The van der Waals surface area contributed by atoms with Crippen molar-refractivity contribution in [1.82, 2.24) is 5.32 Å². The van der Waals surface area contributed by atoms with Gasteiger partial charge in [-0.25, -0.2) is 4.39 Å². The molecule has 0 aliphatic heterocycles. The number of hydrogen-bond donors (Lipinski definition) is 1. The van der Waals surface area contributed by atoms with Crippen molar-refractivity contribution in [2.24, 2.45) is 5.92 Å². The van der Waals surface area contributed by atoms with Crippen LogP contribution >= 0.6 is 0 Å². The Morgan fingerprint density at radius 3 is 2.62 bits per heavy atom. The molecule has 1 fully saturated rings. The molecule has 24 heavy (non-hydrogen) atoms. The van der Waals surface area contributed by atoms with Crippen LogP contribution in [0.15, 0.2) is 42.5 Å². The second-order valence-electron chi connectivity index (χ2n) is 6.36. The molecule has 3 nitrogen and oxygen atoms in total. The van der Waals surface area contributed by atoms with Gasteiger partial charge < -0.3 is 14.8 Å². The van der Waals surface area contributed by atoms with Crippen LogP contribution in [0.25, 0.3) is 0 Å². The molecule has 3 rings (SSSR count). The number of methoxy groups -OCH3 is 2. The Hall–Kier alpha value is -2.07. The first-order valence-electron chi connectivity index (χ1n) is 8.33. The predicted molar refractivity (Wildman–Crippen MR) is 93.2 cm³/mol. The Morgan fingerprint density at radius 2 is 1.88 bits per heavy atom. The highest BCUT2D eigenvalue weighted by atomic mass is 19.1. The molecule has 1 saturated carbocycles. The Balaban J connectivity index is 1.60. The average Bonchev–Trinajstić information content (AvgIpc) is 3.39. The Kier molecular flexibility index (Phi) is 5.05. The average molecular weight is 329 g/mol. The van der Waals surface area contributed by atoms with Crippen LogP contribution in [0, 0.1) is 11.7 Å². The molecule has 0 radical (unpaired) electrons. The molecule has 0 aromatic heterocycles. The molecule has 3 unspecified atom stereocenters. The van der Waals surface area contributed by atoms with Crippen LogP contribution in [0.2, 0.25) is 0 Å². The van der Waals surface area contributed by atoms with Gasteiger partial charge in [-0.05, 0) is 56.0 Å². The third-order valence-corrected chi connectivity index (χ3v) is 4.81. The number of nitrogens with one attached hydrogen (secondary N) is 1. The molecule has 1 aliphatic rings. The van der Waals surface area contributed by atoms with Gasteiger partial charge in [0.2, 0.25) is 0 Å². The number of halogens is 1. The van der Waals surface area contributed by atoms with E-state index in [1.54, 1.807) is 26.4 Å². The highest BCUT2D eigenvalue weighted by Crippen LogP contribution is 2.50. The van der Waals surface area contributed by atoms with Crippen LogP contribution in [0.4, 0.5) is 4.39 Å². The second kappa shape index (κ2) is 7.22. The van der Waals surface area contributed by atoms with Crippen molar-refractivity contribution in [2.75, 3.05) is 20.8 Å². The molecule has 4 heteroatoms. The maximum Gasteiger partial charge on any atom is 0.123 e. The fourth-order valence-corrected chi connectivity index (χ4v) is 3.31. The van der Waals surface area contributed by atoms with Crippen molar-refractivity contribution in [3.8, 4) is 11.5 Å². The van der Waals surface area contributed by atoms with Gasteiger partial charge >= 0.3 is 0 Å². The summed E-state index contributed by atoms with van der Waals surface area (Å²) in [6.45, 7) is 3.03. The van der Waals surface area contributed by atoms with E-state index in [1.807, 2.05) is 18.2 Å². The quantitative estimate of drug-likeness (QED) is 0.822. The summed E-state index contributed by atoms with van der Waals surface area (Å²) in [6, 6.07) is 13.0. The Labute approximate surface area is 142 Å². The maximum absolute atomic E-state index is 13.5. The van der Waals surface area contributed by atoms with Crippen LogP contribution in [0.5, 0.6) is 11.5 Å². The fourth-order valence-electron chi connectivity index (χ4n) is 3.31. The number of benzene rings is 2. The molecule has 0 heterocycles. The van der Waals surface area contributed by atoms with E-state index in [-0.39, 0.29) is 11.9 Å². The van der Waals surface area contributed by atoms with Gasteiger partial charge in [-0.15, -0.1) is 0 Å². The predicted octanol–water partition coefficient (Wildman–Crippen LogP) is 4.30. The lowest BCUT2D eigenvalue weighted by Crippen LogP contribution is -2.22. The monoisotopic (exact) mass is 329 g/mol. The Morgan fingerprint density at radius 1 is 1.12 bits per heavy atom. The zero-order chi connectivity index (χ0) is 17.1. The lowest BCUT2D eigenvalue weighted by Gasteiger charge is -2.17. The van der Waals surface area contributed by atoms with Gasteiger partial charge in [0.25, 0.3) is 0 Å². The maximum atomic E-state index is 13.5. The molecule has 1 aliphatic carbocycles. The van der Waals surface area contributed by atoms with Crippen molar-refractivity contribution in [1.29, 1.82) is 0 Å². The standard InChI is InChI=1S/C20H24FNO2/c1-13(16-6-4-5-7-19(16)23-2)22-12-14-10-17(14)18-11-15(21)8-9-20(18)24-3/h4-9,11,13-14,17,22H,10,12H2,1-3H3. The SMILES string of the molecule is COc1ccccc1C(C)NCC1CC1c1cc(F)ccc1OC. The van der Waals surface area contributed by atoms with Gasteiger partial charge in [0, 0.05) is 17.2 Å². The van der Waals surface area contributed by atoms with Crippen molar-refractivity contribution in [3.63, 3.8) is 0 Å². The van der Waals surface area contributed by atoms with Crippen LogP contribution < -0.4 is 14.8 Å². The number of rotatable bonds is 7. The van der Waals surface area contributed by atoms with E-state index in [9.17, 15) is 4.39 Å². The van der Waals surface area contributed by atoms with Gasteiger partial charge in [-0.1, -0.05) is 18.2 Å². The number of ether oxygens (including phenoxy) is 2. The minimum Gasteiger partial charge on any atom is -0.496 e. The van der Waals surface area contributed by atoms with E-state index < -0.39 is 0 Å².